The molecule has 0 spiro atoms. The highest BCUT2D eigenvalue weighted by atomic mass is 19.3. The van der Waals surface area contributed by atoms with Crippen molar-refractivity contribution in [3.63, 3.8) is 0 Å². The van der Waals surface area contributed by atoms with E-state index in [0.717, 1.165) is 0 Å². The van der Waals surface area contributed by atoms with Gasteiger partial charge in [-0.15, -0.1) is 6.42 Å². The van der Waals surface area contributed by atoms with E-state index in [1.165, 1.54) is 93.1 Å². The Morgan fingerprint density at radius 2 is 1.23 bits per heavy atom. The van der Waals surface area contributed by atoms with E-state index in [9.17, 15) is 28.0 Å². The van der Waals surface area contributed by atoms with Crippen molar-refractivity contribution in [2.24, 2.45) is 0 Å². The number of H-pyrrole nitrogens is 2. The molecule has 0 saturated heterocycles. The molecule has 1 unspecified atom stereocenters. The number of terminal acetylenes is 1. The van der Waals surface area contributed by atoms with Gasteiger partial charge in [-0.05, 0) is 145 Å². The number of alkyl halides is 2. The number of nitrogens with one attached hydrogen (secondary N) is 6. The number of furan rings is 2. The van der Waals surface area contributed by atoms with Crippen molar-refractivity contribution >= 4 is 67.4 Å². The Bertz CT molecular complexity index is 4340. The SMILES string of the molecule is C#CC(C)(CC)NC(=O)c1cccc(-c2cc3c(C(=O)NC)c(-c4ccc(F)cc4)oc3c3cc(-c4cc(C(=O)NCC(F)(F)c5ccccn5)cc(-c5cc6c(C(=O)NC)c(-c7ccc(F)cc7)oc6c6cc[nH]c56)c4)[nH]c23)c1. The number of hydrogen-bond donors (Lipinski definition) is 6. The number of carbonyl (C=O) groups is 4. The first-order chi connectivity index (χ1) is 38.5. The molecule has 398 valence electrons. The van der Waals surface area contributed by atoms with Gasteiger partial charge in [-0.25, -0.2) is 8.78 Å². The maximum atomic E-state index is 15.7. The second-order valence-electron chi connectivity index (χ2n) is 19.4. The average molecular weight is 1070 g/mol. The van der Waals surface area contributed by atoms with E-state index in [2.05, 4.69) is 42.1 Å². The van der Waals surface area contributed by atoms with Crippen molar-refractivity contribution in [3.8, 4) is 68.5 Å². The first kappa shape index (κ1) is 51.9. The van der Waals surface area contributed by atoms with Crippen molar-refractivity contribution in [1.82, 2.24) is 36.2 Å². The van der Waals surface area contributed by atoms with E-state index in [4.69, 9.17) is 15.3 Å². The van der Waals surface area contributed by atoms with E-state index in [1.807, 2.05) is 6.92 Å². The molecule has 80 heavy (non-hydrogen) atoms. The number of aromatic amines is 2. The number of nitrogens with zero attached hydrogens (tertiary/aromatic N) is 1. The molecule has 5 heterocycles. The smallest absolute Gasteiger partial charge is 0.306 e. The van der Waals surface area contributed by atoms with Crippen LogP contribution in [0.15, 0.2) is 155 Å². The summed E-state index contributed by atoms with van der Waals surface area (Å²) < 4.78 is 73.1. The van der Waals surface area contributed by atoms with Gasteiger partial charge in [-0.1, -0.05) is 31.0 Å². The second-order valence-corrected chi connectivity index (χ2v) is 19.4. The summed E-state index contributed by atoms with van der Waals surface area (Å²) in [4.78, 5) is 66.9. The minimum atomic E-state index is -3.56. The molecule has 11 aromatic rings. The van der Waals surface area contributed by atoms with Gasteiger partial charge in [0.2, 0.25) is 0 Å². The molecule has 13 nitrogen and oxygen atoms in total. The summed E-state index contributed by atoms with van der Waals surface area (Å²) in [6.45, 7) is 2.51. The van der Waals surface area contributed by atoms with Crippen molar-refractivity contribution < 1.29 is 45.6 Å². The van der Waals surface area contributed by atoms with Crippen LogP contribution in [0.25, 0.3) is 99.9 Å². The van der Waals surface area contributed by atoms with Gasteiger partial charge in [0, 0.05) is 87.1 Å². The Hall–Kier alpha value is -10.2. The van der Waals surface area contributed by atoms with Crippen LogP contribution in [0.4, 0.5) is 17.6 Å². The molecule has 6 N–H and O–H groups in total. The first-order valence-electron chi connectivity index (χ1n) is 25.3. The summed E-state index contributed by atoms with van der Waals surface area (Å²) in [5.41, 5.74) is 4.22. The second kappa shape index (κ2) is 20.3. The van der Waals surface area contributed by atoms with E-state index < -0.39 is 59.0 Å². The Morgan fingerprint density at radius 1 is 0.625 bits per heavy atom. The van der Waals surface area contributed by atoms with Crippen LogP contribution in [-0.2, 0) is 5.92 Å². The predicted molar refractivity (Wildman–Crippen MR) is 299 cm³/mol. The fraction of sp³-hybridized carbons (Fsp3) is 0.127. The Labute approximate surface area is 453 Å². The number of halogens is 4. The minimum Gasteiger partial charge on any atom is -0.454 e. The van der Waals surface area contributed by atoms with Gasteiger partial charge in [-0.3, -0.25) is 24.2 Å². The summed E-state index contributed by atoms with van der Waals surface area (Å²) in [5.74, 6) is -3.84. The zero-order valence-corrected chi connectivity index (χ0v) is 43.3. The molecular formula is C63H47F4N7O6. The number of aromatic nitrogens is 3. The molecule has 1 atom stereocenters. The molecular weight excluding hydrogens is 1030 g/mol. The maximum absolute atomic E-state index is 15.7. The highest BCUT2D eigenvalue weighted by Crippen LogP contribution is 2.46. The quantitative estimate of drug-likeness (QED) is 0.0462. The fourth-order valence-corrected chi connectivity index (χ4v) is 9.95. The molecule has 11 rings (SSSR count). The third-order valence-electron chi connectivity index (χ3n) is 14.4. The lowest BCUT2D eigenvalue weighted by Crippen LogP contribution is -2.44. The lowest BCUT2D eigenvalue weighted by Gasteiger charge is -2.23. The molecule has 0 aliphatic heterocycles. The predicted octanol–water partition coefficient (Wildman–Crippen LogP) is 12.9. The number of amides is 4. The monoisotopic (exact) mass is 1070 g/mol. The van der Waals surface area contributed by atoms with Crippen molar-refractivity contribution in [2.75, 3.05) is 20.6 Å². The Morgan fingerprint density at radius 3 is 1.81 bits per heavy atom. The van der Waals surface area contributed by atoms with E-state index in [-0.39, 0.29) is 39.4 Å². The summed E-state index contributed by atoms with van der Waals surface area (Å²) in [6, 6.07) is 33.8. The number of fused-ring (bicyclic) bond motifs is 6. The van der Waals surface area contributed by atoms with Crippen LogP contribution in [0.3, 0.4) is 0 Å². The standard InChI is InChI=1S/C63H47F4N7O6/c1-6-62(3,7-2)74-59(76)36-12-10-11-35(25-36)43-29-46-51(61(78)69-5)55(34-16-20-41(65)21-17-34)80-57(46)47-31-48(73-53(43)47)38-26-37(27-39(28-38)58(75)72-32-63(66,67)49-13-8-9-23-70-49)44-30-45-50(60(77)68-4)54(33-14-18-40(64)19-15-33)79-56(45)42-22-24-71-52(42)44/h1,8-31,71,73H,7,32H2,2-5H3,(H,68,77)(H,69,78)(H,72,75)(H,74,76). The van der Waals surface area contributed by atoms with Crippen LogP contribution in [0.2, 0.25) is 0 Å². The first-order valence-corrected chi connectivity index (χ1v) is 25.3. The summed E-state index contributed by atoms with van der Waals surface area (Å²) in [5, 5.41) is 12.5. The molecule has 0 radical (unpaired) electrons. The highest BCUT2D eigenvalue weighted by molar-refractivity contribution is 6.22. The van der Waals surface area contributed by atoms with Crippen LogP contribution >= 0.6 is 0 Å². The summed E-state index contributed by atoms with van der Waals surface area (Å²) in [7, 11) is 2.94. The molecule has 17 heteroatoms. The van der Waals surface area contributed by atoms with E-state index in [1.54, 1.807) is 73.8 Å². The number of hydrogen-bond acceptors (Lipinski definition) is 7. The highest BCUT2D eigenvalue weighted by Gasteiger charge is 2.34. The van der Waals surface area contributed by atoms with Crippen LogP contribution in [-0.4, -0.2) is 64.8 Å². The van der Waals surface area contributed by atoms with E-state index >= 15 is 8.78 Å². The van der Waals surface area contributed by atoms with Crippen LogP contribution in [0.1, 0.15) is 67.4 Å². The van der Waals surface area contributed by atoms with Gasteiger partial charge < -0.3 is 40.1 Å². The molecule has 0 fully saturated rings. The number of rotatable bonds is 14. The number of carbonyl (C=O) groups excluding carboxylic acids is 4. The van der Waals surface area contributed by atoms with Gasteiger partial charge in [0.05, 0.1) is 34.2 Å². The molecule has 0 saturated carbocycles. The molecule has 5 aromatic heterocycles. The molecule has 0 bridgehead atoms. The minimum absolute atomic E-state index is 0.0351. The Kier molecular flexibility index (Phi) is 13.2. The third-order valence-corrected chi connectivity index (χ3v) is 14.4. The van der Waals surface area contributed by atoms with Crippen LogP contribution < -0.4 is 21.3 Å². The molecule has 0 aliphatic rings. The lowest BCUT2D eigenvalue weighted by molar-refractivity contribution is -0.00676. The molecule has 4 amide bonds. The third kappa shape index (κ3) is 9.25. The van der Waals surface area contributed by atoms with Crippen LogP contribution in [0, 0.1) is 24.0 Å². The van der Waals surface area contributed by atoms with Crippen molar-refractivity contribution in [1.29, 1.82) is 0 Å². The van der Waals surface area contributed by atoms with Gasteiger partial charge in [-0.2, -0.15) is 8.78 Å². The molecule has 6 aromatic carbocycles. The largest absolute Gasteiger partial charge is 0.454 e. The summed E-state index contributed by atoms with van der Waals surface area (Å²) in [6.07, 6.45) is 9.21. The van der Waals surface area contributed by atoms with Gasteiger partial charge in [0.25, 0.3) is 23.6 Å². The number of pyridine rings is 1. The maximum Gasteiger partial charge on any atom is 0.306 e. The van der Waals surface area contributed by atoms with E-state index in [0.29, 0.717) is 89.2 Å². The Balaban J connectivity index is 1.15. The summed E-state index contributed by atoms with van der Waals surface area (Å²) >= 11 is 0. The average Bonchev–Trinajstić information content (AvgIpc) is 4.51. The lowest BCUT2D eigenvalue weighted by atomic mass is 9.94. The zero-order chi connectivity index (χ0) is 56.2. The number of benzene rings is 6. The van der Waals surface area contributed by atoms with Gasteiger partial charge >= 0.3 is 5.92 Å². The van der Waals surface area contributed by atoms with Gasteiger partial charge in [0.1, 0.15) is 40.0 Å². The fourth-order valence-electron chi connectivity index (χ4n) is 9.95. The van der Waals surface area contributed by atoms with Crippen molar-refractivity contribution in [3.05, 3.63) is 185 Å². The van der Waals surface area contributed by atoms with Crippen molar-refractivity contribution in [2.45, 2.75) is 31.7 Å². The molecule has 0 aliphatic carbocycles. The zero-order valence-electron chi connectivity index (χ0n) is 43.3. The topological polar surface area (TPSA) is 187 Å². The van der Waals surface area contributed by atoms with Gasteiger partial charge in [0.15, 0.2) is 0 Å². The van der Waals surface area contributed by atoms with Crippen LogP contribution in [0.5, 0.6) is 0 Å². The normalized spacial score (nSPS) is 12.4.